The summed E-state index contributed by atoms with van der Waals surface area (Å²) in [5.74, 6) is -1.01. The van der Waals surface area contributed by atoms with E-state index in [1.54, 1.807) is 0 Å². The minimum atomic E-state index is -0.717. The highest BCUT2D eigenvalue weighted by atomic mass is 16.5. The lowest BCUT2D eigenvalue weighted by atomic mass is 9.98. The van der Waals surface area contributed by atoms with E-state index < -0.39 is 5.97 Å². The van der Waals surface area contributed by atoms with Crippen LogP contribution >= 0.6 is 0 Å². The monoisotopic (exact) mass is 242 g/mol. The lowest BCUT2D eigenvalue weighted by molar-refractivity contribution is -0.144. The van der Waals surface area contributed by atoms with E-state index in [4.69, 9.17) is 9.84 Å². The number of piperidine rings is 1. The van der Waals surface area contributed by atoms with Crippen LogP contribution in [0, 0.1) is 5.92 Å². The number of hydrogen-bond acceptors (Lipinski definition) is 4. The maximum atomic E-state index is 10.9. The van der Waals surface area contributed by atoms with Crippen molar-refractivity contribution in [2.45, 2.75) is 25.4 Å². The maximum Gasteiger partial charge on any atom is 0.307 e. The standard InChI is InChI=1S/C12H22N2O3/c15-12(16)10-7-11(9-13-8-10)17-6-5-14-3-1-2-4-14/h10-11,13H,1-9H2,(H,15,16). The van der Waals surface area contributed by atoms with Gasteiger partial charge in [0.25, 0.3) is 0 Å². The molecule has 2 aliphatic rings. The van der Waals surface area contributed by atoms with E-state index in [-0.39, 0.29) is 12.0 Å². The average Bonchev–Trinajstić information content (AvgIpc) is 2.82. The number of aliphatic carboxylic acids is 1. The van der Waals surface area contributed by atoms with E-state index in [0.717, 1.165) is 19.7 Å². The van der Waals surface area contributed by atoms with Gasteiger partial charge in [0, 0.05) is 19.6 Å². The number of ether oxygens (including phenoxy) is 1. The van der Waals surface area contributed by atoms with Crippen molar-refractivity contribution in [3.63, 3.8) is 0 Å². The van der Waals surface area contributed by atoms with Crippen molar-refractivity contribution < 1.29 is 14.6 Å². The highest BCUT2D eigenvalue weighted by Gasteiger charge is 2.27. The zero-order valence-electron chi connectivity index (χ0n) is 10.2. The third-order valence-corrected chi connectivity index (χ3v) is 3.62. The summed E-state index contributed by atoms with van der Waals surface area (Å²) < 4.78 is 5.76. The van der Waals surface area contributed by atoms with Crippen LogP contribution in [0.1, 0.15) is 19.3 Å². The SMILES string of the molecule is O=C(O)C1CNCC(OCCN2CCCC2)C1. The second-order valence-electron chi connectivity index (χ2n) is 4.97. The number of nitrogens with zero attached hydrogens (tertiary/aromatic N) is 1. The summed E-state index contributed by atoms with van der Waals surface area (Å²) >= 11 is 0. The fourth-order valence-corrected chi connectivity index (χ4v) is 2.57. The molecule has 0 aromatic heterocycles. The van der Waals surface area contributed by atoms with Crippen LogP contribution in [0.3, 0.4) is 0 Å². The fourth-order valence-electron chi connectivity index (χ4n) is 2.57. The second kappa shape index (κ2) is 6.33. The van der Waals surface area contributed by atoms with Gasteiger partial charge in [0.2, 0.25) is 0 Å². The molecule has 0 aromatic rings. The molecule has 0 aromatic carbocycles. The van der Waals surface area contributed by atoms with Crippen molar-refractivity contribution >= 4 is 5.97 Å². The topological polar surface area (TPSA) is 61.8 Å². The third kappa shape index (κ3) is 3.94. The number of likely N-dealkylation sites (tertiary alicyclic amines) is 1. The molecular formula is C12H22N2O3. The molecule has 0 radical (unpaired) electrons. The Balaban J connectivity index is 1.62. The van der Waals surface area contributed by atoms with Crippen molar-refractivity contribution in [3.8, 4) is 0 Å². The Morgan fingerprint density at radius 1 is 1.35 bits per heavy atom. The van der Waals surface area contributed by atoms with Gasteiger partial charge in [-0.15, -0.1) is 0 Å². The first-order chi connectivity index (χ1) is 8.25. The number of carbonyl (C=O) groups is 1. The molecule has 2 unspecified atom stereocenters. The molecule has 5 heteroatoms. The summed E-state index contributed by atoms with van der Waals surface area (Å²) in [7, 11) is 0. The number of hydrogen-bond donors (Lipinski definition) is 2. The molecule has 0 amide bonds. The smallest absolute Gasteiger partial charge is 0.307 e. The van der Waals surface area contributed by atoms with Gasteiger partial charge < -0.3 is 20.1 Å². The number of carboxylic acids is 1. The van der Waals surface area contributed by atoms with Crippen molar-refractivity contribution in [3.05, 3.63) is 0 Å². The second-order valence-corrected chi connectivity index (χ2v) is 4.97. The highest BCUT2D eigenvalue weighted by molar-refractivity contribution is 5.70. The summed E-state index contributed by atoms with van der Waals surface area (Å²) in [6, 6.07) is 0. The molecule has 0 bridgehead atoms. The molecule has 0 saturated carbocycles. The molecule has 2 saturated heterocycles. The van der Waals surface area contributed by atoms with Gasteiger partial charge in [-0.25, -0.2) is 0 Å². The summed E-state index contributed by atoms with van der Waals surface area (Å²) in [5.41, 5.74) is 0. The van der Waals surface area contributed by atoms with E-state index in [2.05, 4.69) is 10.2 Å². The highest BCUT2D eigenvalue weighted by Crippen LogP contribution is 2.14. The van der Waals surface area contributed by atoms with Gasteiger partial charge in [0.15, 0.2) is 0 Å². The Morgan fingerprint density at radius 3 is 2.82 bits per heavy atom. The first kappa shape index (κ1) is 12.8. The van der Waals surface area contributed by atoms with Gasteiger partial charge in [0.1, 0.15) is 0 Å². The van der Waals surface area contributed by atoms with Crippen molar-refractivity contribution in [2.75, 3.05) is 39.3 Å². The summed E-state index contributed by atoms with van der Waals surface area (Å²) in [5, 5.41) is 12.1. The van der Waals surface area contributed by atoms with Crippen LogP contribution in [-0.4, -0.2) is 61.4 Å². The van der Waals surface area contributed by atoms with Crippen molar-refractivity contribution in [1.82, 2.24) is 10.2 Å². The van der Waals surface area contributed by atoms with Gasteiger partial charge in [-0.2, -0.15) is 0 Å². The molecule has 2 aliphatic heterocycles. The minimum Gasteiger partial charge on any atom is -0.481 e. The van der Waals surface area contributed by atoms with Crippen LogP contribution in [0.4, 0.5) is 0 Å². The molecule has 2 fully saturated rings. The van der Waals surface area contributed by atoms with Crippen LogP contribution in [0.25, 0.3) is 0 Å². The molecule has 17 heavy (non-hydrogen) atoms. The third-order valence-electron chi connectivity index (χ3n) is 3.62. The van der Waals surface area contributed by atoms with Crippen molar-refractivity contribution in [1.29, 1.82) is 0 Å². The first-order valence-electron chi connectivity index (χ1n) is 6.53. The van der Waals surface area contributed by atoms with E-state index in [0.29, 0.717) is 13.0 Å². The Kier molecular flexibility index (Phi) is 4.76. The van der Waals surface area contributed by atoms with Crippen LogP contribution in [0.15, 0.2) is 0 Å². The Hall–Kier alpha value is -0.650. The summed E-state index contributed by atoms with van der Waals surface area (Å²) in [6.07, 6.45) is 3.30. The molecule has 2 N–H and O–H groups in total. The predicted octanol–water partition coefficient (Wildman–Crippen LogP) is 0.161. The molecule has 2 rings (SSSR count). The average molecular weight is 242 g/mol. The zero-order valence-corrected chi connectivity index (χ0v) is 10.2. The van der Waals surface area contributed by atoms with Crippen LogP contribution in [-0.2, 0) is 9.53 Å². The van der Waals surface area contributed by atoms with Crippen molar-refractivity contribution in [2.24, 2.45) is 5.92 Å². The molecule has 2 atom stereocenters. The molecular weight excluding hydrogens is 220 g/mol. The normalized spacial score (nSPS) is 30.6. The van der Waals surface area contributed by atoms with Gasteiger partial charge in [-0.05, 0) is 32.4 Å². The Morgan fingerprint density at radius 2 is 2.12 bits per heavy atom. The van der Waals surface area contributed by atoms with E-state index in [1.807, 2.05) is 0 Å². The van der Waals surface area contributed by atoms with Gasteiger partial charge >= 0.3 is 5.97 Å². The fraction of sp³-hybridized carbons (Fsp3) is 0.917. The van der Waals surface area contributed by atoms with E-state index >= 15 is 0 Å². The van der Waals surface area contributed by atoms with Gasteiger partial charge in [-0.1, -0.05) is 0 Å². The van der Waals surface area contributed by atoms with Crippen LogP contribution < -0.4 is 5.32 Å². The number of rotatable bonds is 5. The number of carboxylic acid groups (broad SMARTS) is 1. The minimum absolute atomic E-state index is 0.0625. The number of nitrogens with one attached hydrogen (secondary N) is 1. The zero-order chi connectivity index (χ0) is 12.1. The first-order valence-corrected chi connectivity index (χ1v) is 6.53. The Bertz CT molecular complexity index is 254. The lowest BCUT2D eigenvalue weighted by Crippen LogP contribution is -2.44. The molecule has 98 valence electrons. The molecule has 0 spiro atoms. The van der Waals surface area contributed by atoms with E-state index in [9.17, 15) is 4.79 Å². The van der Waals surface area contributed by atoms with Crippen LogP contribution in [0.5, 0.6) is 0 Å². The summed E-state index contributed by atoms with van der Waals surface area (Å²) in [6.45, 7) is 5.42. The quantitative estimate of drug-likeness (QED) is 0.719. The Labute approximate surface area is 102 Å². The van der Waals surface area contributed by atoms with E-state index in [1.165, 1.54) is 25.9 Å². The largest absolute Gasteiger partial charge is 0.481 e. The lowest BCUT2D eigenvalue weighted by Gasteiger charge is -2.28. The van der Waals surface area contributed by atoms with Gasteiger partial charge in [0.05, 0.1) is 18.6 Å². The van der Waals surface area contributed by atoms with Crippen LogP contribution in [0.2, 0.25) is 0 Å². The predicted molar refractivity (Wildman–Crippen MR) is 64.0 cm³/mol. The molecule has 2 heterocycles. The molecule has 0 aliphatic carbocycles. The van der Waals surface area contributed by atoms with Gasteiger partial charge in [-0.3, -0.25) is 4.79 Å². The maximum absolute atomic E-state index is 10.9. The summed E-state index contributed by atoms with van der Waals surface area (Å²) in [4.78, 5) is 13.3. The molecule has 5 nitrogen and oxygen atoms in total.